The molecule has 2 atom stereocenters. The highest BCUT2D eigenvalue weighted by molar-refractivity contribution is 6.04. The molecule has 6 rings (SSSR count). The molecule has 2 N–H and O–H groups in total. The number of rotatable bonds is 7. The van der Waals surface area contributed by atoms with Gasteiger partial charge < -0.3 is 20.3 Å². The summed E-state index contributed by atoms with van der Waals surface area (Å²) >= 11 is 0. The molecule has 10 nitrogen and oxygen atoms in total. The average molecular weight is 523 g/mol. The van der Waals surface area contributed by atoms with Gasteiger partial charge in [0.05, 0.1) is 30.9 Å². The van der Waals surface area contributed by atoms with E-state index in [1.54, 1.807) is 95.9 Å². The zero-order valence-corrected chi connectivity index (χ0v) is 21.2. The lowest BCUT2D eigenvalue weighted by Crippen LogP contribution is -2.33. The Morgan fingerprint density at radius 3 is 2.36 bits per heavy atom. The van der Waals surface area contributed by atoms with E-state index in [0.29, 0.717) is 41.5 Å². The lowest BCUT2D eigenvalue weighted by Gasteiger charge is -2.20. The quantitative estimate of drug-likeness (QED) is 0.384. The molecule has 2 aromatic heterocycles. The van der Waals surface area contributed by atoms with Crippen LogP contribution in [0.25, 0.3) is 5.69 Å². The Morgan fingerprint density at radius 1 is 0.897 bits per heavy atom. The van der Waals surface area contributed by atoms with E-state index in [1.165, 1.54) is 0 Å². The van der Waals surface area contributed by atoms with Gasteiger partial charge in [-0.15, -0.1) is 0 Å². The van der Waals surface area contributed by atoms with Crippen molar-refractivity contribution in [2.24, 2.45) is 17.8 Å². The number of anilines is 2. The molecule has 10 heteroatoms. The summed E-state index contributed by atoms with van der Waals surface area (Å²) in [7, 11) is 1.55. The van der Waals surface area contributed by atoms with Gasteiger partial charge in [0.25, 0.3) is 11.8 Å². The second-order valence-electron chi connectivity index (χ2n) is 9.68. The number of ether oxygens (including phenoxy) is 1. The normalized spacial score (nSPS) is 19.2. The third kappa shape index (κ3) is 4.96. The summed E-state index contributed by atoms with van der Waals surface area (Å²) in [5, 5.41) is 10.1. The van der Waals surface area contributed by atoms with Crippen LogP contribution in [-0.2, 0) is 4.79 Å². The number of likely N-dealkylation sites (tertiary alicyclic amines) is 1. The number of carbonyl (C=O) groups excluding carboxylic acids is 3. The first-order valence-electron chi connectivity index (χ1n) is 12.6. The fraction of sp³-hybridized carbons (Fsp3) is 0.207. The molecule has 3 heterocycles. The van der Waals surface area contributed by atoms with E-state index in [9.17, 15) is 14.4 Å². The van der Waals surface area contributed by atoms with Gasteiger partial charge in [0.15, 0.2) is 0 Å². The summed E-state index contributed by atoms with van der Waals surface area (Å²) in [6.07, 6.45) is 4.97. The first kappa shape index (κ1) is 24.4. The molecule has 0 unspecified atom stereocenters. The molecule has 2 aromatic carbocycles. The number of benzene rings is 2. The molecule has 39 heavy (non-hydrogen) atoms. The Hall–Kier alpha value is -4.99. The molecule has 0 bridgehead atoms. The molecular formula is C29H26N6O4. The molecule has 1 saturated heterocycles. The maximum absolute atomic E-state index is 13.0. The predicted molar refractivity (Wildman–Crippen MR) is 144 cm³/mol. The molecule has 0 spiro atoms. The van der Waals surface area contributed by atoms with E-state index in [1.807, 2.05) is 6.07 Å². The van der Waals surface area contributed by atoms with Crippen molar-refractivity contribution in [3.8, 4) is 11.6 Å². The van der Waals surface area contributed by atoms with E-state index < -0.39 is 0 Å². The summed E-state index contributed by atoms with van der Waals surface area (Å²) in [5.41, 5.74) is 3.11. The molecule has 1 aliphatic heterocycles. The molecular weight excluding hydrogens is 496 g/mol. The average Bonchev–Trinajstić information content (AvgIpc) is 3.27. The Kier molecular flexibility index (Phi) is 6.28. The van der Waals surface area contributed by atoms with Crippen LogP contribution in [0.15, 0.2) is 85.3 Å². The molecule has 0 radical (unpaired) electrons. The number of piperidine rings is 1. The second-order valence-corrected chi connectivity index (χ2v) is 9.68. The number of hydrogen-bond donors (Lipinski definition) is 2. The minimum absolute atomic E-state index is 0.0533. The summed E-state index contributed by atoms with van der Waals surface area (Å²) < 4.78 is 6.80. The van der Waals surface area contributed by atoms with Crippen molar-refractivity contribution in [3.05, 3.63) is 96.4 Å². The van der Waals surface area contributed by atoms with Crippen LogP contribution in [0.3, 0.4) is 0 Å². The van der Waals surface area contributed by atoms with Crippen molar-refractivity contribution in [2.45, 2.75) is 0 Å². The van der Waals surface area contributed by atoms with Crippen molar-refractivity contribution in [1.82, 2.24) is 19.7 Å². The first-order chi connectivity index (χ1) is 19.0. The van der Waals surface area contributed by atoms with Gasteiger partial charge in [-0.25, -0.2) is 9.67 Å². The molecule has 4 aromatic rings. The zero-order chi connectivity index (χ0) is 26.9. The summed E-state index contributed by atoms with van der Waals surface area (Å²) in [5.74, 6) is 0.330. The van der Waals surface area contributed by atoms with Crippen LogP contribution in [0.2, 0.25) is 0 Å². The van der Waals surface area contributed by atoms with Crippen molar-refractivity contribution in [3.63, 3.8) is 0 Å². The molecule has 2 aliphatic rings. The smallest absolute Gasteiger partial charge is 0.255 e. The van der Waals surface area contributed by atoms with Crippen LogP contribution in [0.4, 0.5) is 11.4 Å². The Balaban J connectivity index is 1.01. The fourth-order valence-corrected chi connectivity index (χ4v) is 5.16. The molecule has 1 saturated carbocycles. The van der Waals surface area contributed by atoms with Gasteiger partial charge in [0, 0.05) is 48.1 Å². The monoisotopic (exact) mass is 522 g/mol. The fourth-order valence-electron chi connectivity index (χ4n) is 5.16. The van der Waals surface area contributed by atoms with Gasteiger partial charge in [0.2, 0.25) is 11.8 Å². The van der Waals surface area contributed by atoms with Crippen LogP contribution in [0.5, 0.6) is 5.88 Å². The number of methoxy groups -OCH3 is 1. The molecule has 3 amide bonds. The topological polar surface area (TPSA) is 118 Å². The molecule has 2 fully saturated rings. The SMILES string of the molecule is COc1cc(-n2cc(NC(=O)C3[C@H]4CN(C(=O)c5ccc(NC(=O)c6ccccc6)cc5)C[C@H]34)cn2)ccn1. The summed E-state index contributed by atoms with van der Waals surface area (Å²) in [4.78, 5) is 44.2. The summed E-state index contributed by atoms with van der Waals surface area (Å²) in [6, 6.07) is 19.4. The number of aromatic nitrogens is 3. The van der Waals surface area contributed by atoms with Crippen LogP contribution in [-0.4, -0.2) is 57.6 Å². The van der Waals surface area contributed by atoms with Crippen molar-refractivity contribution in [2.75, 3.05) is 30.8 Å². The van der Waals surface area contributed by atoms with Gasteiger partial charge in [-0.1, -0.05) is 18.2 Å². The van der Waals surface area contributed by atoms with Gasteiger partial charge >= 0.3 is 0 Å². The van der Waals surface area contributed by atoms with Crippen molar-refractivity contribution >= 4 is 29.1 Å². The standard InChI is InChI=1S/C29H26N6O4/c1-39-25-13-22(11-12-30-25)35-15-21(14-31-35)33-28(37)26-23-16-34(17-24(23)26)29(38)19-7-9-20(10-8-19)32-27(36)18-5-3-2-4-6-18/h2-15,23-24,26H,16-17H2,1H3,(H,32,36)(H,33,37)/t23-,24-/m0/s1. The maximum atomic E-state index is 13.0. The maximum Gasteiger partial charge on any atom is 0.255 e. The Labute approximate surface area is 224 Å². The number of nitrogens with one attached hydrogen (secondary N) is 2. The number of nitrogens with zero attached hydrogens (tertiary/aromatic N) is 4. The van der Waals surface area contributed by atoms with Crippen LogP contribution in [0.1, 0.15) is 20.7 Å². The third-order valence-corrected chi connectivity index (χ3v) is 7.25. The first-order valence-corrected chi connectivity index (χ1v) is 12.6. The van der Waals surface area contributed by atoms with Gasteiger partial charge in [-0.3, -0.25) is 14.4 Å². The number of carbonyl (C=O) groups is 3. The van der Waals surface area contributed by atoms with Gasteiger partial charge in [-0.2, -0.15) is 5.10 Å². The van der Waals surface area contributed by atoms with Crippen molar-refractivity contribution in [1.29, 1.82) is 0 Å². The lowest BCUT2D eigenvalue weighted by atomic mass is 10.1. The van der Waals surface area contributed by atoms with Crippen LogP contribution < -0.4 is 15.4 Å². The third-order valence-electron chi connectivity index (χ3n) is 7.25. The highest BCUT2D eigenvalue weighted by Gasteiger charge is 2.60. The highest BCUT2D eigenvalue weighted by Crippen LogP contribution is 2.52. The van der Waals surface area contributed by atoms with Crippen LogP contribution in [0, 0.1) is 17.8 Å². The number of amides is 3. The van der Waals surface area contributed by atoms with E-state index >= 15 is 0 Å². The van der Waals surface area contributed by atoms with E-state index in [0.717, 1.165) is 5.69 Å². The number of hydrogen-bond acceptors (Lipinski definition) is 6. The number of pyridine rings is 1. The molecule has 1 aliphatic carbocycles. The minimum atomic E-state index is -0.205. The summed E-state index contributed by atoms with van der Waals surface area (Å²) in [6.45, 7) is 1.09. The second kappa shape index (κ2) is 10.1. The Bertz CT molecular complexity index is 1520. The Morgan fingerprint density at radius 2 is 1.64 bits per heavy atom. The van der Waals surface area contributed by atoms with E-state index in [2.05, 4.69) is 20.7 Å². The molecule has 196 valence electrons. The number of fused-ring (bicyclic) bond motifs is 1. The zero-order valence-electron chi connectivity index (χ0n) is 21.2. The van der Waals surface area contributed by atoms with Crippen molar-refractivity contribution < 1.29 is 19.1 Å². The lowest BCUT2D eigenvalue weighted by molar-refractivity contribution is -0.118. The minimum Gasteiger partial charge on any atom is -0.481 e. The van der Waals surface area contributed by atoms with Crippen LogP contribution >= 0.6 is 0 Å². The predicted octanol–water partition coefficient (Wildman–Crippen LogP) is 3.48. The van der Waals surface area contributed by atoms with E-state index in [-0.39, 0.29) is 35.5 Å². The van der Waals surface area contributed by atoms with Gasteiger partial charge in [-0.05, 0) is 54.3 Å². The van der Waals surface area contributed by atoms with E-state index in [4.69, 9.17) is 4.74 Å². The largest absolute Gasteiger partial charge is 0.481 e. The van der Waals surface area contributed by atoms with Gasteiger partial charge in [0.1, 0.15) is 0 Å². The highest BCUT2D eigenvalue weighted by atomic mass is 16.5.